The lowest BCUT2D eigenvalue weighted by Crippen LogP contribution is -2.53. The second kappa shape index (κ2) is 22.3. The number of unbranched alkanes of at least 4 members (excludes halogenated alkanes) is 4. The van der Waals surface area contributed by atoms with E-state index in [1.165, 1.54) is 5.56 Å². The van der Waals surface area contributed by atoms with Crippen LogP contribution < -0.4 is 10.6 Å². The van der Waals surface area contributed by atoms with Crippen molar-refractivity contribution in [3.05, 3.63) is 59.7 Å². The van der Waals surface area contributed by atoms with E-state index in [2.05, 4.69) is 41.8 Å². The Morgan fingerprint density at radius 2 is 1.29 bits per heavy atom. The van der Waals surface area contributed by atoms with Gasteiger partial charge < -0.3 is 20.5 Å². The standard InChI is InChI=1S/C43H64N2O7/c1-9-12-15-18-36(42(50)51)44-40(48)29(4)27-38(47)39(30(5)52-43(6,7)8)45-41(49)35(17-14-11-3)28-37(46)34-25-23-33(24-26-34)32-21-19-31(20-22-32)16-13-10-2/h19-26,29-30,35-36,39H,9-18,27-28H2,1-8H3,(H,44,48)(H,45,49)(H,50,51)/t29-,30?,35-,36+,39+/m1/s1. The fraction of sp³-hybridized carbons (Fsp3) is 0.605. The van der Waals surface area contributed by atoms with Gasteiger partial charge in [-0.1, -0.05) is 115 Å². The first kappa shape index (κ1) is 44.3. The van der Waals surface area contributed by atoms with Gasteiger partial charge in [-0.3, -0.25) is 19.2 Å². The highest BCUT2D eigenvalue weighted by atomic mass is 16.5. The number of hydrogen-bond donors (Lipinski definition) is 3. The number of ether oxygens (including phenoxy) is 1. The van der Waals surface area contributed by atoms with Gasteiger partial charge >= 0.3 is 5.97 Å². The molecule has 52 heavy (non-hydrogen) atoms. The Morgan fingerprint density at radius 1 is 0.712 bits per heavy atom. The maximum Gasteiger partial charge on any atom is 0.326 e. The zero-order valence-corrected chi connectivity index (χ0v) is 32.9. The summed E-state index contributed by atoms with van der Waals surface area (Å²) in [6.45, 7) is 15.0. The van der Waals surface area contributed by atoms with E-state index >= 15 is 0 Å². The minimum Gasteiger partial charge on any atom is -0.480 e. The first-order chi connectivity index (χ1) is 24.6. The quantitative estimate of drug-likeness (QED) is 0.0730. The minimum absolute atomic E-state index is 0.0137. The Morgan fingerprint density at radius 3 is 1.83 bits per heavy atom. The molecule has 9 nitrogen and oxygen atoms in total. The number of nitrogens with one attached hydrogen (secondary N) is 2. The molecule has 0 fully saturated rings. The SMILES string of the molecule is CCCCC[C@H](NC(=O)[C@H](C)CC(=O)[C@@H](NC(=O)[C@H](CCCC)CC(=O)c1ccc(-c2ccc(CCCC)cc2)cc1)C(C)OC(C)(C)C)C(=O)O. The topological polar surface area (TPSA) is 139 Å². The van der Waals surface area contributed by atoms with Crippen LogP contribution in [0.25, 0.3) is 11.1 Å². The summed E-state index contributed by atoms with van der Waals surface area (Å²) in [7, 11) is 0. The molecule has 3 N–H and O–H groups in total. The lowest BCUT2D eigenvalue weighted by atomic mass is 9.90. The van der Waals surface area contributed by atoms with E-state index in [-0.39, 0.29) is 18.6 Å². The molecule has 1 unspecified atom stereocenters. The van der Waals surface area contributed by atoms with Crippen molar-refractivity contribution in [2.45, 2.75) is 156 Å². The van der Waals surface area contributed by atoms with E-state index in [0.29, 0.717) is 24.8 Å². The highest BCUT2D eigenvalue weighted by Gasteiger charge is 2.35. The number of rotatable bonds is 24. The largest absolute Gasteiger partial charge is 0.480 e. The molecule has 288 valence electrons. The van der Waals surface area contributed by atoms with Gasteiger partial charge in [0.05, 0.1) is 11.7 Å². The van der Waals surface area contributed by atoms with Crippen molar-refractivity contribution in [1.29, 1.82) is 0 Å². The average Bonchev–Trinajstić information content (AvgIpc) is 3.10. The summed E-state index contributed by atoms with van der Waals surface area (Å²) in [6, 6.07) is 13.8. The van der Waals surface area contributed by atoms with Crippen LogP contribution in [0.15, 0.2) is 48.5 Å². The van der Waals surface area contributed by atoms with E-state index in [1.54, 1.807) is 26.0 Å². The van der Waals surface area contributed by atoms with Crippen molar-refractivity contribution in [1.82, 2.24) is 10.6 Å². The second-order valence-electron chi connectivity index (χ2n) is 15.2. The van der Waals surface area contributed by atoms with Crippen molar-refractivity contribution >= 4 is 29.4 Å². The molecule has 2 amide bonds. The Kier molecular flexibility index (Phi) is 19.0. The van der Waals surface area contributed by atoms with Crippen LogP contribution in [0.1, 0.15) is 142 Å². The highest BCUT2D eigenvalue weighted by Crippen LogP contribution is 2.24. The van der Waals surface area contributed by atoms with Crippen LogP contribution >= 0.6 is 0 Å². The van der Waals surface area contributed by atoms with Gasteiger partial charge in [0.25, 0.3) is 0 Å². The number of carbonyl (C=O) groups is 5. The lowest BCUT2D eigenvalue weighted by Gasteiger charge is -2.32. The third kappa shape index (κ3) is 15.4. The normalized spacial score (nSPS) is 14.5. The molecule has 0 bridgehead atoms. The molecule has 0 aromatic heterocycles. The zero-order chi connectivity index (χ0) is 38.8. The first-order valence-corrected chi connectivity index (χ1v) is 19.4. The predicted octanol–water partition coefficient (Wildman–Crippen LogP) is 8.51. The number of aryl methyl sites for hydroxylation is 1. The van der Waals surface area contributed by atoms with Crippen LogP contribution in [0.2, 0.25) is 0 Å². The predicted molar refractivity (Wildman–Crippen MR) is 207 cm³/mol. The van der Waals surface area contributed by atoms with E-state index in [9.17, 15) is 29.1 Å². The molecule has 2 aromatic carbocycles. The maximum atomic E-state index is 13.9. The van der Waals surface area contributed by atoms with Gasteiger partial charge in [-0.05, 0) is 70.1 Å². The van der Waals surface area contributed by atoms with Gasteiger partial charge in [0.2, 0.25) is 11.8 Å². The van der Waals surface area contributed by atoms with Crippen LogP contribution in [0, 0.1) is 11.8 Å². The molecule has 2 rings (SSSR count). The molecule has 2 aromatic rings. The van der Waals surface area contributed by atoms with E-state index in [1.807, 2.05) is 46.8 Å². The van der Waals surface area contributed by atoms with Gasteiger partial charge in [-0.2, -0.15) is 0 Å². The molecule has 9 heteroatoms. The Labute approximate surface area is 312 Å². The number of carboxylic acids is 1. The Bertz CT molecular complexity index is 1430. The number of amides is 2. The fourth-order valence-electron chi connectivity index (χ4n) is 6.26. The smallest absolute Gasteiger partial charge is 0.326 e. The molecule has 0 saturated heterocycles. The molecule has 0 aliphatic heterocycles. The molecule has 0 heterocycles. The molecule has 0 radical (unpaired) electrons. The third-order valence-corrected chi connectivity index (χ3v) is 9.34. The summed E-state index contributed by atoms with van der Waals surface area (Å²) in [4.78, 5) is 66.0. The number of carboxylic acid groups (broad SMARTS) is 1. The highest BCUT2D eigenvalue weighted by molar-refractivity contribution is 6.00. The summed E-state index contributed by atoms with van der Waals surface area (Å²) >= 11 is 0. The summed E-state index contributed by atoms with van der Waals surface area (Å²) in [5.41, 5.74) is 3.27. The van der Waals surface area contributed by atoms with E-state index in [4.69, 9.17) is 4.74 Å². The number of hydrogen-bond acceptors (Lipinski definition) is 6. The molecule has 0 saturated carbocycles. The van der Waals surface area contributed by atoms with Gasteiger partial charge in [0.15, 0.2) is 11.6 Å². The number of aliphatic carboxylic acids is 1. The zero-order valence-electron chi connectivity index (χ0n) is 32.9. The van der Waals surface area contributed by atoms with Gasteiger partial charge in [0.1, 0.15) is 12.1 Å². The molecule has 5 atom stereocenters. The van der Waals surface area contributed by atoms with Crippen molar-refractivity contribution in [2.24, 2.45) is 11.8 Å². The third-order valence-electron chi connectivity index (χ3n) is 9.34. The average molecular weight is 721 g/mol. The van der Waals surface area contributed by atoms with Crippen LogP contribution in [-0.4, -0.2) is 58.2 Å². The molecule has 0 spiro atoms. The maximum absolute atomic E-state index is 13.9. The molecular formula is C43H64N2O7. The summed E-state index contributed by atoms with van der Waals surface area (Å²) in [6.07, 6.45) is 7.17. The number of Topliss-reactive ketones (excluding diaryl/α,β-unsaturated/α-hetero) is 2. The number of benzene rings is 2. The van der Waals surface area contributed by atoms with Crippen molar-refractivity contribution < 1.29 is 33.8 Å². The van der Waals surface area contributed by atoms with Crippen LogP contribution in [0.3, 0.4) is 0 Å². The van der Waals surface area contributed by atoms with E-state index < -0.39 is 59.2 Å². The van der Waals surface area contributed by atoms with Crippen LogP contribution in [0.5, 0.6) is 0 Å². The molecular weight excluding hydrogens is 656 g/mol. The van der Waals surface area contributed by atoms with Gasteiger partial charge in [-0.15, -0.1) is 0 Å². The van der Waals surface area contributed by atoms with Crippen molar-refractivity contribution in [2.75, 3.05) is 0 Å². The van der Waals surface area contributed by atoms with Gasteiger partial charge in [0, 0.05) is 30.2 Å². The number of ketones is 2. The van der Waals surface area contributed by atoms with Crippen LogP contribution in [-0.2, 0) is 30.3 Å². The lowest BCUT2D eigenvalue weighted by molar-refractivity contribution is -0.143. The fourth-order valence-corrected chi connectivity index (χ4v) is 6.26. The first-order valence-electron chi connectivity index (χ1n) is 19.4. The van der Waals surface area contributed by atoms with Crippen molar-refractivity contribution in [3.63, 3.8) is 0 Å². The minimum atomic E-state index is -1.11. The summed E-state index contributed by atoms with van der Waals surface area (Å²) in [5, 5.41) is 15.1. The Hall–Kier alpha value is -3.85. The molecule has 0 aliphatic carbocycles. The molecule has 0 aliphatic rings. The van der Waals surface area contributed by atoms with Crippen LogP contribution in [0.4, 0.5) is 0 Å². The van der Waals surface area contributed by atoms with Crippen molar-refractivity contribution in [3.8, 4) is 11.1 Å². The van der Waals surface area contributed by atoms with Gasteiger partial charge in [-0.25, -0.2) is 4.79 Å². The monoisotopic (exact) mass is 720 g/mol. The van der Waals surface area contributed by atoms with E-state index in [0.717, 1.165) is 56.1 Å². The summed E-state index contributed by atoms with van der Waals surface area (Å²) in [5.74, 6) is -4.12. The summed E-state index contributed by atoms with van der Waals surface area (Å²) < 4.78 is 6.12. The second-order valence-corrected chi connectivity index (χ2v) is 15.2. The Balaban J connectivity index is 2.20. The number of carbonyl (C=O) groups excluding carboxylic acids is 4.